The highest BCUT2D eigenvalue weighted by Crippen LogP contribution is 2.32. The van der Waals surface area contributed by atoms with Crippen LogP contribution in [0.15, 0.2) is 15.7 Å². The first kappa shape index (κ1) is 10.1. The van der Waals surface area contributed by atoms with Gasteiger partial charge in [0.25, 0.3) is 0 Å². The summed E-state index contributed by atoms with van der Waals surface area (Å²) in [7, 11) is 0. The van der Waals surface area contributed by atoms with Gasteiger partial charge in [-0.2, -0.15) is 0 Å². The molecule has 0 aliphatic carbocycles. The third-order valence-corrected chi connectivity index (χ3v) is 3.78. The van der Waals surface area contributed by atoms with Gasteiger partial charge in [0.05, 0.1) is 4.21 Å². The lowest BCUT2D eigenvalue weighted by Crippen LogP contribution is -2.08. The van der Waals surface area contributed by atoms with E-state index in [0.717, 1.165) is 0 Å². The average Bonchev–Trinajstić information content (AvgIpc) is 2.35. The highest BCUT2D eigenvalue weighted by molar-refractivity contribution is 8.01. The summed E-state index contributed by atoms with van der Waals surface area (Å²) in [4.78, 5) is 0. The monoisotopic (exact) mass is 200 g/mol. The quantitative estimate of drug-likeness (QED) is 0.646. The van der Waals surface area contributed by atoms with Crippen LogP contribution in [0.3, 0.4) is 0 Å². The van der Waals surface area contributed by atoms with Gasteiger partial charge in [0.1, 0.15) is 0 Å². The van der Waals surface area contributed by atoms with Crippen molar-refractivity contribution in [1.82, 2.24) is 0 Å². The maximum Gasteiger partial charge on any atom is 0.0601 e. The molecule has 1 aromatic rings. The molecule has 2 heteroatoms. The van der Waals surface area contributed by atoms with Crippen LogP contribution in [0.2, 0.25) is 0 Å². The van der Waals surface area contributed by atoms with Crippen molar-refractivity contribution >= 4 is 23.1 Å². The summed E-state index contributed by atoms with van der Waals surface area (Å²) in [5.41, 5.74) is 1.77. The van der Waals surface area contributed by atoms with E-state index < -0.39 is 0 Å². The molecule has 1 aromatic heterocycles. The van der Waals surface area contributed by atoms with Gasteiger partial charge >= 0.3 is 0 Å². The van der Waals surface area contributed by atoms with Crippen LogP contribution in [0, 0.1) is 0 Å². The van der Waals surface area contributed by atoms with Gasteiger partial charge in [-0.3, -0.25) is 0 Å². The van der Waals surface area contributed by atoms with Crippen LogP contribution in [0.25, 0.3) is 0 Å². The minimum atomic E-state index is 0.309. The Bertz CT molecular complexity index is 243. The number of rotatable bonds is 2. The van der Waals surface area contributed by atoms with Crippen molar-refractivity contribution in [3.8, 4) is 0 Å². The van der Waals surface area contributed by atoms with Crippen LogP contribution in [-0.2, 0) is 5.41 Å². The molecule has 0 amide bonds. The van der Waals surface area contributed by atoms with Crippen molar-refractivity contribution in [2.24, 2.45) is 0 Å². The summed E-state index contributed by atoms with van der Waals surface area (Å²) in [5.74, 6) is 1.17. The number of thiophene rings is 1. The van der Waals surface area contributed by atoms with Crippen LogP contribution in [-0.4, -0.2) is 5.75 Å². The largest absolute Gasteiger partial charge is 0.137 e. The molecule has 0 saturated carbocycles. The van der Waals surface area contributed by atoms with E-state index in [2.05, 4.69) is 39.1 Å². The van der Waals surface area contributed by atoms with Crippen LogP contribution >= 0.6 is 23.1 Å². The minimum absolute atomic E-state index is 0.309. The van der Waals surface area contributed by atoms with Crippen molar-refractivity contribution in [2.45, 2.75) is 37.3 Å². The Hall–Kier alpha value is 0.0500. The normalized spacial score (nSPS) is 12.0. The van der Waals surface area contributed by atoms with E-state index in [1.165, 1.54) is 15.5 Å². The molecule has 12 heavy (non-hydrogen) atoms. The summed E-state index contributed by atoms with van der Waals surface area (Å²) >= 11 is 3.79. The number of thioether (sulfide) groups is 1. The molecule has 0 N–H and O–H groups in total. The molecule has 1 rings (SSSR count). The molecule has 0 fully saturated rings. The number of hydrogen-bond acceptors (Lipinski definition) is 2. The topological polar surface area (TPSA) is 0 Å². The van der Waals surface area contributed by atoms with Crippen molar-refractivity contribution in [2.75, 3.05) is 5.75 Å². The zero-order valence-electron chi connectivity index (χ0n) is 8.18. The maximum absolute atomic E-state index is 2.32. The molecule has 0 saturated heterocycles. The van der Waals surface area contributed by atoms with E-state index in [1.807, 2.05) is 23.1 Å². The summed E-state index contributed by atoms with van der Waals surface area (Å²) in [5, 5.41) is 2.28. The van der Waals surface area contributed by atoms with E-state index >= 15 is 0 Å². The van der Waals surface area contributed by atoms with Crippen molar-refractivity contribution < 1.29 is 0 Å². The lowest BCUT2D eigenvalue weighted by atomic mass is 9.90. The molecule has 0 radical (unpaired) electrons. The van der Waals surface area contributed by atoms with E-state index in [1.54, 1.807) is 0 Å². The van der Waals surface area contributed by atoms with Crippen LogP contribution < -0.4 is 0 Å². The van der Waals surface area contributed by atoms with E-state index in [0.29, 0.717) is 5.41 Å². The van der Waals surface area contributed by atoms with Gasteiger partial charge in [-0.25, -0.2) is 0 Å². The van der Waals surface area contributed by atoms with Crippen molar-refractivity contribution in [3.05, 3.63) is 17.0 Å². The second-order valence-corrected chi connectivity index (χ2v) is 6.31. The summed E-state index contributed by atoms with van der Waals surface area (Å²) < 4.78 is 1.45. The van der Waals surface area contributed by atoms with Crippen LogP contribution in [0.5, 0.6) is 0 Å². The average molecular weight is 200 g/mol. The Balaban J connectivity index is 2.77. The van der Waals surface area contributed by atoms with Gasteiger partial charge in [-0.05, 0) is 28.2 Å². The van der Waals surface area contributed by atoms with E-state index in [9.17, 15) is 0 Å². The summed E-state index contributed by atoms with van der Waals surface area (Å²) in [6, 6.07) is 2.32. The van der Waals surface area contributed by atoms with E-state index in [4.69, 9.17) is 0 Å². The lowest BCUT2D eigenvalue weighted by molar-refractivity contribution is 0.592. The van der Waals surface area contributed by atoms with Gasteiger partial charge in [0.15, 0.2) is 0 Å². The van der Waals surface area contributed by atoms with Gasteiger partial charge in [0.2, 0.25) is 0 Å². The first-order valence-electron chi connectivity index (χ1n) is 4.26. The minimum Gasteiger partial charge on any atom is -0.137 e. The second-order valence-electron chi connectivity index (χ2n) is 3.84. The summed E-state index contributed by atoms with van der Waals surface area (Å²) in [6.07, 6.45) is 0. The van der Waals surface area contributed by atoms with Crippen LogP contribution in [0.1, 0.15) is 33.3 Å². The molecule has 0 nitrogen and oxygen atoms in total. The lowest BCUT2D eigenvalue weighted by Gasteiger charge is -2.15. The summed E-state index contributed by atoms with van der Waals surface area (Å²) in [6.45, 7) is 8.97. The smallest absolute Gasteiger partial charge is 0.0601 e. The van der Waals surface area contributed by atoms with Crippen molar-refractivity contribution in [1.29, 1.82) is 0 Å². The molecule has 0 aromatic carbocycles. The Morgan fingerprint density at radius 2 is 2.08 bits per heavy atom. The number of hydrogen-bond donors (Lipinski definition) is 0. The van der Waals surface area contributed by atoms with Crippen LogP contribution in [0.4, 0.5) is 0 Å². The molecule has 0 spiro atoms. The Labute approximate surface area is 83.4 Å². The molecule has 0 bridgehead atoms. The fraction of sp³-hybridized carbons (Fsp3) is 0.600. The molecule has 0 aliphatic heterocycles. The Morgan fingerprint density at radius 1 is 1.42 bits per heavy atom. The molecule has 1 heterocycles. The standard InChI is InChI=1S/C10H16S2/c1-5-11-9-6-8(7-12-9)10(2,3)4/h6-7H,5H2,1-4H3. The zero-order chi connectivity index (χ0) is 9.19. The van der Waals surface area contributed by atoms with E-state index in [-0.39, 0.29) is 0 Å². The Morgan fingerprint density at radius 3 is 2.50 bits per heavy atom. The fourth-order valence-electron chi connectivity index (χ4n) is 0.928. The van der Waals surface area contributed by atoms with Gasteiger partial charge in [-0.15, -0.1) is 23.1 Å². The predicted octanol–water partition coefficient (Wildman–Crippen LogP) is 4.16. The van der Waals surface area contributed by atoms with Gasteiger partial charge < -0.3 is 0 Å². The molecule has 0 atom stereocenters. The molecule has 68 valence electrons. The Kier molecular flexibility index (Phi) is 3.24. The molecular weight excluding hydrogens is 184 g/mol. The first-order chi connectivity index (χ1) is 5.54. The molecule has 0 unspecified atom stereocenters. The third kappa shape index (κ3) is 2.53. The second kappa shape index (κ2) is 3.84. The maximum atomic E-state index is 2.32. The highest BCUT2D eigenvalue weighted by atomic mass is 32.2. The van der Waals surface area contributed by atoms with Gasteiger partial charge in [0, 0.05) is 0 Å². The fourth-order valence-corrected chi connectivity index (χ4v) is 3.05. The zero-order valence-corrected chi connectivity index (χ0v) is 9.81. The molecule has 0 aliphatic rings. The highest BCUT2D eigenvalue weighted by Gasteiger charge is 2.14. The predicted molar refractivity (Wildman–Crippen MR) is 59.4 cm³/mol. The van der Waals surface area contributed by atoms with Crippen molar-refractivity contribution in [3.63, 3.8) is 0 Å². The van der Waals surface area contributed by atoms with Gasteiger partial charge in [-0.1, -0.05) is 27.7 Å². The molecular formula is C10H16S2. The first-order valence-corrected chi connectivity index (χ1v) is 6.12. The third-order valence-electron chi connectivity index (χ3n) is 1.73. The SMILES string of the molecule is CCSc1cc(C(C)(C)C)cs1.